The molecule has 0 aromatic heterocycles. The van der Waals surface area contributed by atoms with E-state index in [2.05, 4.69) is 47.9 Å². The molecule has 236 valence electrons. The molecule has 0 spiro atoms. The summed E-state index contributed by atoms with van der Waals surface area (Å²) in [6.07, 6.45) is 0. The average Bonchev–Trinajstić information content (AvgIpc) is 3.50. The minimum absolute atomic E-state index is 0.109. The molecule has 0 saturated heterocycles. The van der Waals surface area contributed by atoms with Gasteiger partial charge in [0.15, 0.2) is 0 Å². The molecule has 1 unspecified atom stereocenters. The van der Waals surface area contributed by atoms with E-state index in [1.807, 2.05) is 91.0 Å². The van der Waals surface area contributed by atoms with Crippen LogP contribution >= 0.6 is 6.89 Å². The van der Waals surface area contributed by atoms with Crippen LogP contribution < -0.4 is 21.3 Å². The summed E-state index contributed by atoms with van der Waals surface area (Å²) < 4.78 is 10.9. The first-order chi connectivity index (χ1) is 23.6. The Kier molecular flexibility index (Phi) is 9.47. The second-order valence-corrected chi connectivity index (χ2v) is 14.2. The number of nitrogens with one attached hydrogen (secondary N) is 1. The van der Waals surface area contributed by atoms with Crippen molar-refractivity contribution in [2.45, 2.75) is 5.92 Å². The van der Waals surface area contributed by atoms with Crippen LogP contribution in [0.3, 0.4) is 0 Å². The lowest BCUT2D eigenvalue weighted by Gasteiger charge is -2.33. The second-order valence-electron chi connectivity index (χ2n) is 10.9. The van der Waals surface area contributed by atoms with Crippen molar-refractivity contribution >= 4 is 51.4 Å². The van der Waals surface area contributed by atoms with Crippen molar-refractivity contribution in [3.8, 4) is 6.07 Å². The zero-order valence-electron chi connectivity index (χ0n) is 26.4. The number of benzene rings is 5. The van der Waals surface area contributed by atoms with Gasteiger partial charge in [-0.1, -0.05) is 133 Å². The molecule has 1 aliphatic carbocycles. The van der Waals surface area contributed by atoms with Gasteiger partial charge >= 0.3 is 11.9 Å². The summed E-state index contributed by atoms with van der Waals surface area (Å²) in [5.74, 6) is -2.17. The van der Waals surface area contributed by atoms with Crippen LogP contribution in [0.2, 0.25) is 0 Å². The Morgan fingerprint density at radius 3 is 1.60 bits per heavy atom. The van der Waals surface area contributed by atoms with Crippen LogP contribution in [-0.2, 0) is 19.1 Å². The second kappa shape index (κ2) is 14.2. The Morgan fingerprint density at radius 2 is 1.12 bits per heavy atom. The van der Waals surface area contributed by atoms with E-state index in [9.17, 15) is 14.9 Å². The number of hydrogen-bond donors (Lipinski definition) is 1. The van der Waals surface area contributed by atoms with Crippen molar-refractivity contribution < 1.29 is 19.1 Å². The number of anilines is 1. The maximum Gasteiger partial charge on any atom is 0.339 e. The summed E-state index contributed by atoms with van der Waals surface area (Å²) in [6.45, 7) is -3.05. The van der Waals surface area contributed by atoms with E-state index in [0.29, 0.717) is 22.3 Å². The van der Waals surface area contributed by atoms with Crippen molar-refractivity contribution in [1.29, 1.82) is 5.26 Å². The number of methoxy groups -OCH3 is 2. The van der Waals surface area contributed by atoms with Gasteiger partial charge in [-0.05, 0) is 40.5 Å². The lowest BCUT2D eigenvalue weighted by Crippen LogP contribution is -2.35. The standard InChI is InChI=1S/C40H32N3O4P/c1-46-39(44)35-34(28-17-7-3-8-18-28)37(43-42-33-26-16-15-19-29(33)27-41)38(36(35)40(45)47-2)48(30-20-9-4-10-21-30,31-22-11-5-12-23-31)32-24-13-6-14-25-32/h3-26,34,42H,1-2H3/b43-37+. The Hall–Kier alpha value is -5.96. The van der Waals surface area contributed by atoms with E-state index in [-0.39, 0.29) is 11.1 Å². The van der Waals surface area contributed by atoms with Crippen LogP contribution in [0.4, 0.5) is 5.69 Å². The molecule has 48 heavy (non-hydrogen) atoms. The predicted molar refractivity (Wildman–Crippen MR) is 193 cm³/mol. The third kappa shape index (κ3) is 5.64. The van der Waals surface area contributed by atoms with Crippen LogP contribution in [0.25, 0.3) is 0 Å². The number of esters is 2. The number of nitriles is 1. The van der Waals surface area contributed by atoms with Gasteiger partial charge in [-0.3, -0.25) is 5.43 Å². The molecule has 1 N–H and O–H groups in total. The third-order valence-corrected chi connectivity index (χ3v) is 12.7. The van der Waals surface area contributed by atoms with E-state index in [0.717, 1.165) is 21.5 Å². The van der Waals surface area contributed by atoms with Gasteiger partial charge < -0.3 is 9.47 Å². The van der Waals surface area contributed by atoms with Gasteiger partial charge in [-0.15, -0.1) is 0 Å². The van der Waals surface area contributed by atoms with E-state index < -0.39 is 24.7 Å². The highest BCUT2D eigenvalue weighted by molar-refractivity contribution is 7.97. The number of rotatable bonds is 8. The summed E-state index contributed by atoms with van der Waals surface area (Å²) in [6, 6.07) is 48.7. The van der Waals surface area contributed by atoms with Gasteiger partial charge in [0, 0.05) is 5.29 Å². The zero-order chi connectivity index (χ0) is 33.5. The van der Waals surface area contributed by atoms with Gasteiger partial charge in [0.25, 0.3) is 0 Å². The van der Waals surface area contributed by atoms with Gasteiger partial charge in [-0.2, -0.15) is 10.4 Å². The fourth-order valence-electron chi connectivity index (χ4n) is 6.33. The van der Waals surface area contributed by atoms with Gasteiger partial charge in [-0.25, -0.2) is 9.59 Å². The average molecular weight is 650 g/mol. The van der Waals surface area contributed by atoms with Crippen molar-refractivity contribution in [2.75, 3.05) is 19.6 Å². The minimum Gasteiger partial charge on any atom is -0.466 e. The molecule has 0 aliphatic heterocycles. The first-order valence-corrected chi connectivity index (χ1v) is 17.1. The molecule has 5 aromatic carbocycles. The highest BCUT2D eigenvalue weighted by Gasteiger charge is 2.49. The summed E-state index contributed by atoms with van der Waals surface area (Å²) in [7, 11) is 2.61. The van der Waals surface area contributed by atoms with E-state index >= 15 is 0 Å². The van der Waals surface area contributed by atoms with E-state index in [1.54, 1.807) is 18.2 Å². The molecule has 0 heterocycles. The summed E-state index contributed by atoms with van der Waals surface area (Å²) in [4.78, 5) is 28.3. The first-order valence-electron chi connectivity index (χ1n) is 15.3. The number of hydrogen-bond acceptors (Lipinski definition) is 7. The number of ether oxygens (including phenoxy) is 2. The van der Waals surface area contributed by atoms with E-state index in [4.69, 9.17) is 14.6 Å². The summed E-state index contributed by atoms with van der Waals surface area (Å²) in [5, 5.41) is 18.4. The SMILES string of the molecule is COC(=O)C1=C(C(=O)OC)C(c2ccccc2)/C(=N\Nc2ccccc2C#N)C1=P(c1ccccc1)(c1ccccc1)c1ccccc1. The largest absolute Gasteiger partial charge is 0.466 e. The predicted octanol–water partition coefficient (Wildman–Crippen LogP) is 5.93. The lowest BCUT2D eigenvalue weighted by molar-refractivity contribution is -0.138. The van der Waals surface area contributed by atoms with Crippen molar-refractivity contribution in [3.05, 3.63) is 168 Å². The van der Waals surface area contributed by atoms with Gasteiger partial charge in [0.2, 0.25) is 0 Å². The van der Waals surface area contributed by atoms with Crippen LogP contribution in [0.5, 0.6) is 0 Å². The molecule has 7 nitrogen and oxygen atoms in total. The number of carbonyl (C=O) groups is 2. The first kappa shape index (κ1) is 32.0. The normalized spacial score (nSPS) is 15.1. The summed E-state index contributed by atoms with van der Waals surface area (Å²) >= 11 is 0. The van der Waals surface area contributed by atoms with Crippen molar-refractivity contribution in [2.24, 2.45) is 5.10 Å². The number of carbonyl (C=O) groups excluding carboxylic acids is 2. The molecule has 8 heteroatoms. The third-order valence-electron chi connectivity index (χ3n) is 8.35. The Balaban J connectivity index is 1.90. The highest BCUT2D eigenvalue weighted by atomic mass is 31.2. The maximum atomic E-state index is 14.3. The Labute approximate surface area is 279 Å². The topological polar surface area (TPSA) is 101 Å². The Bertz CT molecular complexity index is 2020. The number of nitrogens with zero attached hydrogens (tertiary/aromatic N) is 2. The Morgan fingerprint density at radius 1 is 0.667 bits per heavy atom. The molecular weight excluding hydrogens is 617 g/mol. The fraction of sp³-hybridized carbons (Fsp3) is 0.0750. The van der Waals surface area contributed by atoms with Crippen LogP contribution in [-0.4, -0.2) is 37.2 Å². The zero-order valence-corrected chi connectivity index (χ0v) is 27.3. The quantitative estimate of drug-likeness (QED) is 0.127. The highest BCUT2D eigenvalue weighted by Crippen LogP contribution is 2.53. The number of hydrazone groups is 1. The fourth-order valence-corrected chi connectivity index (χ4v) is 10.9. The molecule has 0 saturated carbocycles. The lowest BCUT2D eigenvalue weighted by atomic mass is 9.91. The van der Waals surface area contributed by atoms with Crippen molar-refractivity contribution in [3.63, 3.8) is 0 Å². The molecule has 0 amide bonds. The van der Waals surface area contributed by atoms with Crippen molar-refractivity contribution in [1.82, 2.24) is 0 Å². The monoisotopic (exact) mass is 649 g/mol. The van der Waals surface area contributed by atoms with E-state index in [1.165, 1.54) is 14.2 Å². The van der Waals surface area contributed by atoms with Crippen LogP contribution in [0.1, 0.15) is 17.0 Å². The van der Waals surface area contributed by atoms with Gasteiger partial charge in [0.1, 0.15) is 6.07 Å². The molecule has 1 aliphatic rings. The molecule has 5 aromatic rings. The van der Waals surface area contributed by atoms with Crippen LogP contribution in [0, 0.1) is 11.3 Å². The number of para-hydroxylation sites is 1. The molecule has 0 radical (unpaired) electrons. The minimum atomic E-state index is -3.05. The smallest absolute Gasteiger partial charge is 0.339 e. The maximum absolute atomic E-state index is 14.3. The molecule has 6 rings (SSSR count). The summed E-state index contributed by atoms with van der Waals surface area (Å²) in [5.41, 5.74) is 5.44. The molecule has 0 fully saturated rings. The molecule has 0 bridgehead atoms. The van der Waals surface area contributed by atoms with Crippen LogP contribution in [0.15, 0.2) is 162 Å². The van der Waals surface area contributed by atoms with Gasteiger partial charge in [0.05, 0.1) is 48.2 Å². The molecule has 1 atom stereocenters. The molecular formula is C40H32N3O4P.